The van der Waals surface area contributed by atoms with E-state index in [0.29, 0.717) is 12.8 Å². The Balaban J connectivity index is 2.54. The highest BCUT2D eigenvalue weighted by molar-refractivity contribution is 4.67. The molecule has 0 aromatic rings. The molecule has 6 heavy (non-hydrogen) atoms. The normalized spacial score (nSPS) is 7.33. The molecule has 0 rings (SSSR count). The van der Waals surface area contributed by atoms with E-state index in [4.69, 9.17) is 12.2 Å². The molecule has 2 radical (unpaired) electrons. The average molecular weight is 81.1 g/mol. The standard InChI is InChI=1S/C5H7N/c1-2-3-4-5-6/h1H,2-4H2. The third-order valence-electron chi connectivity index (χ3n) is 0.493. The first-order valence-electron chi connectivity index (χ1n) is 1.99. The van der Waals surface area contributed by atoms with Crippen molar-refractivity contribution in [1.29, 1.82) is 5.26 Å². The van der Waals surface area contributed by atoms with Gasteiger partial charge >= 0.3 is 0 Å². The van der Waals surface area contributed by atoms with Gasteiger partial charge in [-0.3, -0.25) is 0 Å². The number of nitriles is 1. The molecule has 1 nitrogen and oxygen atoms in total. The highest BCUT2D eigenvalue weighted by Crippen LogP contribution is 1.88. The van der Waals surface area contributed by atoms with Crippen LogP contribution < -0.4 is 0 Å². The lowest BCUT2D eigenvalue weighted by molar-refractivity contribution is 0.874. The Morgan fingerprint density at radius 1 is 1.67 bits per heavy atom. The van der Waals surface area contributed by atoms with Gasteiger partial charge in [0.15, 0.2) is 0 Å². The van der Waals surface area contributed by atoms with Crippen molar-refractivity contribution in [3.63, 3.8) is 0 Å². The monoisotopic (exact) mass is 81.1 g/mol. The van der Waals surface area contributed by atoms with Gasteiger partial charge in [0.1, 0.15) is 0 Å². The summed E-state index contributed by atoms with van der Waals surface area (Å²) in [5.74, 6) is 0. The molecule has 0 aromatic carbocycles. The minimum absolute atomic E-state index is 0.594. The fourth-order valence-corrected chi connectivity index (χ4v) is 0.181. The van der Waals surface area contributed by atoms with Crippen molar-refractivity contribution in [2.24, 2.45) is 0 Å². The van der Waals surface area contributed by atoms with E-state index < -0.39 is 0 Å². The Bertz CT molecular complexity index is 51.4. The van der Waals surface area contributed by atoms with Gasteiger partial charge in [-0.05, 0) is 19.8 Å². The van der Waals surface area contributed by atoms with Gasteiger partial charge in [-0.2, -0.15) is 5.26 Å². The van der Waals surface area contributed by atoms with Crippen LogP contribution in [-0.4, -0.2) is 0 Å². The van der Waals surface area contributed by atoms with Crippen LogP contribution in [0.5, 0.6) is 0 Å². The van der Waals surface area contributed by atoms with Crippen LogP contribution in [0.1, 0.15) is 19.3 Å². The molecule has 0 aromatic heterocycles. The van der Waals surface area contributed by atoms with E-state index in [1.807, 2.05) is 6.07 Å². The maximum atomic E-state index is 7.89. The van der Waals surface area contributed by atoms with Crippen LogP contribution >= 0.6 is 0 Å². The molecule has 0 bridgehead atoms. The fourth-order valence-electron chi connectivity index (χ4n) is 0.181. The van der Waals surface area contributed by atoms with Crippen LogP contribution in [0.25, 0.3) is 0 Å². The minimum Gasteiger partial charge on any atom is -0.198 e. The second kappa shape index (κ2) is 4.49. The SMILES string of the molecule is [CH]CCCC#N. The summed E-state index contributed by atoms with van der Waals surface area (Å²) in [5, 5.41) is 7.89. The Labute approximate surface area is 38.6 Å². The lowest BCUT2D eigenvalue weighted by atomic mass is 10.3. The summed E-state index contributed by atoms with van der Waals surface area (Å²) in [6.07, 6.45) is 2.06. The number of hydrogen-bond donors (Lipinski definition) is 0. The maximum Gasteiger partial charge on any atom is 0.0621 e. The molecular weight excluding hydrogens is 74.1 g/mol. The summed E-state index contributed by atoms with van der Waals surface area (Å²) in [6, 6.07) is 1.99. The van der Waals surface area contributed by atoms with Gasteiger partial charge < -0.3 is 0 Å². The molecule has 0 amide bonds. The van der Waals surface area contributed by atoms with Crippen LogP contribution in [0, 0.1) is 18.3 Å². The van der Waals surface area contributed by atoms with Gasteiger partial charge in [0.25, 0.3) is 0 Å². The smallest absolute Gasteiger partial charge is 0.0621 e. The second-order valence-corrected chi connectivity index (χ2v) is 1.05. The van der Waals surface area contributed by atoms with Crippen LogP contribution in [0.3, 0.4) is 0 Å². The molecule has 0 heterocycles. The molecule has 0 unspecified atom stereocenters. The first-order valence-corrected chi connectivity index (χ1v) is 1.99. The van der Waals surface area contributed by atoms with Crippen molar-refractivity contribution < 1.29 is 0 Å². The second-order valence-electron chi connectivity index (χ2n) is 1.05. The molecule has 0 saturated heterocycles. The van der Waals surface area contributed by atoms with E-state index in [0.717, 1.165) is 6.42 Å². The number of hydrogen-bond acceptors (Lipinski definition) is 1. The molecular formula is C5H7N. The van der Waals surface area contributed by atoms with Gasteiger partial charge in [-0.1, -0.05) is 0 Å². The predicted octanol–water partition coefficient (Wildman–Crippen LogP) is 1.39. The van der Waals surface area contributed by atoms with Crippen molar-refractivity contribution in [2.45, 2.75) is 19.3 Å². The van der Waals surface area contributed by atoms with Crippen molar-refractivity contribution in [3.05, 3.63) is 6.92 Å². The highest BCUT2D eigenvalue weighted by atomic mass is 14.2. The predicted molar refractivity (Wildman–Crippen MR) is 23.8 cm³/mol. The summed E-state index contributed by atoms with van der Waals surface area (Å²) in [6.45, 7) is 5.06. The maximum absolute atomic E-state index is 7.89. The van der Waals surface area contributed by atoms with Crippen molar-refractivity contribution >= 4 is 0 Å². The zero-order valence-corrected chi connectivity index (χ0v) is 3.65. The fraction of sp³-hybridized carbons (Fsp3) is 0.600. The molecule has 0 N–H and O–H groups in total. The van der Waals surface area contributed by atoms with Crippen molar-refractivity contribution in [2.75, 3.05) is 0 Å². The molecule has 32 valence electrons. The lowest BCUT2D eigenvalue weighted by Gasteiger charge is -1.76. The molecule has 0 spiro atoms. The van der Waals surface area contributed by atoms with Crippen LogP contribution in [0.2, 0.25) is 0 Å². The van der Waals surface area contributed by atoms with Crippen molar-refractivity contribution in [3.8, 4) is 6.07 Å². The molecule has 0 aliphatic carbocycles. The number of unbranched alkanes of at least 4 members (excludes halogenated alkanes) is 2. The molecule has 0 saturated carbocycles. The van der Waals surface area contributed by atoms with E-state index in [-0.39, 0.29) is 0 Å². The summed E-state index contributed by atoms with van der Waals surface area (Å²) >= 11 is 0. The third kappa shape index (κ3) is 3.49. The van der Waals surface area contributed by atoms with E-state index >= 15 is 0 Å². The first-order chi connectivity index (χ1) is 2.91. The van der Waals surface area contributed by atoms with Gasteiger partial charge in [0.2, 0.25) is 0 Å². The molecule has 1 heteroatoms. The zero-order chi connectivity index (χ0) is 4.83. The topological polar surface area (TPSA) is 23.8 Å². The van der Waals surface area contributed by atoms with Gasteiger partial charge in [-0.15, -0.1) is 0 Å². The van der Waals surface area contributed by atoms with Crippen molar-refractivity contribution in [1.82, 2.24) is 0 Å². The Morgan fingerprint density at radius 2 is 2.33 bits per heavy atom. The summed E-state index contributed by atoms with van der Waals surface area (Å²) < 4.78 is 0. The van der Waals surface area contributed by atoms with Crippen LogP contribution in [0.4, 0.5) is 0 Å². The minimum atomic E-state index is 0.594. The summed E-state index contributed by atoms with van der Waals surface area (Å²) in [7, 11) is 0. The highest BCUT2D eigenvalue weighted by Gasteiger charge is 1.74. The number of rotatable bonds is 2. The van der Waals surface area contributed by atoms with Crippen LogP contribution in [0.15, 0.2) is 0 Å². The van der Waals surface area contributed by atoms with E-state index in [1.54, 1.807) is 0 Å². The third-order valence-corrected chi connectivity index (χ3v) is 0.493. The summed E-state index contributed by atoms with van der Waals surface area (Å²) in [5.41, 5.74) is 0. The average Bonchev–Trinajstić information content (AvgIpc) is 1.61. The lowest BCUT2D eigenvalue weighted by Crippen LogP contribution is -1.63. The number of nitrogens with zero attached hydrogens (tertiary/aromatic N) is 1. The molecule has 0 aliphatic rings. The van der Waals surface area contributed by atoms with Gasteiger partial charge in [0, 0.05) is 6.42 Å². The zero-order valence-electron chi connectivity index (χ0n) is 3.65. The van der Waals surface area contributed by atoms with E-state index in [2.05, 4.69) is 0 Å². The van der Waals surface area contributed by atoms with E-state index in [9.17, 15) is 0 Å². The largest absolute Gasteiger partial charge is 0.198 e. The van der Waals surface area contributed by atoms with Gasteiger partial charge in [0.05, 0.1) is 6.07 Å². The van der Waals surface area contributed by atoms with Crippen LogP contribution in [-0.2, 0) is 0 Å². The van der Waals surface area contributed by atoms with Gasteiger partial charge in [-0.25, -0.2) is 0 Å². The quantitative estimate of drug-likeness (QED) is 0.461. The molecule has 0 aliphatic heterocycles. The summed E-state index contributed by atoms with van der Waals surface area (Å²) in [4.78, 5) is 0. The molecule has 0 atom stereocenters. The Morgan fingerprint density at radius 3 is 2.50 bits per heavy atom. The van der Waals surface area contributed by atoms with E-state index in [1.165, 1.54) is 0 Å². The Kier molecular flexibility index (Phi) is 4.11. The first kappa shape index (κ1) is 5.49. The Hall–Kier alpha value is -0.510. The molecule has 0 fully saturated rings.